The highest BCUT2D eigenvalue weighted by atomic mass is 16.5. The van der Waals surface area contributed by atoms with Crippen molar-refractivity contribution in [3.63, 3.8) is 0 Å². The van der Waals surface area contributed by atoms with Gasteiger partial charge in [0, 0.05) is 38.2 Å². The Kier molecular flexibility index (Phi) is 5.17. The summed E-state index contributed by atoms with van der Waals surface area (Å²) in [6.07, 6.45) is 9.03. The lowest BCUT2D eigenvalue weighted by atomic mass is 9.87. The number of ether oxygens (including phenoxy) is 1. The van der Waals surface area contributed by atoms with Crippen molar-refractivity contribution < 1.29 is 9.53 Å². The fourth-order valence-corrected chi connectivity index (χ4v) is 2.98. The quantitative estimate of drug-likeness (QED) is 0.829. The SMILES string of the molecule is COCC1(CNC(=O)CCn2cc(C)cn2)CCCC1. The van der Waals surface area contributed by atoms with Gasteiger partial charge in [-0.25, -0.2) is 0 Å². The Labute approximate surface area is 120 Å². The number of nitrogens with one attached hydrogen (secondary N) is 1. The molecule has 1 amide bonds. The van der Waals surface area contributed by atoms with E-state index in [2.05, 4.69) is 10.4 Å². The minimum atomic E-state index is 0.0977. The second-order valence-electron chi connectivity index (χ2n) is 5.95. The van der Waals surface area contributed by atoms with Crippen LogP contribution in [0.15, 0.2) is 12.4 Å². The van der Waals surface area contributed by atoms with E-state index in [9.17, 15) is 4.79 Å². The van der Waals surface area contributed by atoms with E-state index in [1.54, 1.807) is 7.11 Å². The van der Waals surface area contributed by atoms with Crippen LogP contribution in [0.3, 0.4) is 0 Å². The Bertz CT molecular complexity index is 436. The monoisotopic (exact) mass is 279 g/mol. The van der Waals surface area contributed by atoms with Crippen LogP contribution in [0.25, 0.3) is 0 Å². The first kappa shape index (κ1) is 15.0. The molecule has 0 aliphatic heterocycles. The number of rotatable bonds is 7. The van der Waals surface area contributed by atoms with Gasteiger partial charge < -0.3 is 10.1 Å². The zero-order valence-electron chi connectivity index (χ0n) is 12.5. The van der Waals surface area contributed by atoms with Crippen molar-refractivity contribution in [3.8, 4) is 0 Å². The van der Waals surface area contributed by atoms with Crippen LogP contribution < -0.4 is 5.32 Å². The Balaban J connectivity index is 1.73. The third-order valence-electron chi connectivity index (χ3n) is 4.11. The Morgan fingerprint density at radius 3 is 2.85 bits per heavy atom. The van der Waals surface area contributed by atoms with Gasteiger partial charge in [-0.1, -0.05) is 12.8 Å². The smallest absolute Gasteiger partial charge is 0.221 e. The summed E-state index contributed by atoms with van der Waals surface area (Å²) in [5.41, 5.74) is 1.28. The van der Waals surface area contributed by atoms with Crippen molar-refractivity contribution in [1.82, 2.24) is 15.1 Å². The third-order valence-corrected chi connectivity index (χ3v) is 4.11. The predicted molar refractivity (Wildman–Crippen MR) is 77.4 cm³/mol. The van der Waals surface area contributed by atoms with E-state index in [-0.39, 0.29) is 11.3 Å². The summed E-state index contributed by atoms with van der Waals surface area (Å²) in [6, 6.07) is 0. The van der Waals surface area contributed by atoms with Crippen molar-refractivity contribution in [2.24, 2.45) is 5.41 Å². The first-order chi connectivity index (χ1) is 9.63. The van der Waals surface area contributed by atoms with Crippen molar-refractivity contribution >= 4 is 5.91 Å². The molecule has 1 saturated carbocycles. The summed E-state index contributed by atoms with van der Waals surface area (Å²) in [5.74, 6) is 0.0977. The molecular weight excluding hydrogens is 254 g/mol. The standard InChI is InChI=1S/C15H25N3O2/c1-13-9-17-18(10-13)8-5-14(19)16-11-15(12-20-2)6-3-4-7-15/h9-10H,3-8,11-12H2,1-2H3,(H,16,19). The van der Waals surface area contributed by atoms with E-state index in [1.165, 1.54) is 12.8 Å². The van der Waals surface area contributed by atoms with Crippen LogP contribution in [0, 0.1) is 12.3 Å². The predicted octanol–water partition coefficient (Wildman–Crippen LogP) is 1.90. The number of hydrogen-bond donors (Lipinski definition) is 1. The minimum absolute atomic E-state index is 0.0977. The van der Waals surface area contributed by atoms with Crippen molar-refractivity contribution in [2.45, 2.75) is 45.6 Å². The molecule has 0 atom stereocenters. The fourth-order valence-electron chi connectivity index (χ4n) is 2.98. The van der Waals surface area contributed by atoms with E-state index in [0.717, 1.165) is 31.6 Å². The molecule has 0 aromatic carbocycles. The van der Waals surface area contributed by atoms with Crippen molar-refractivity contribution in [1.29, 1.82) is 0 Å². The Hall–Kier alpha value is -1.36. The van der Waals surface area contributed by atoms with E-state index < -0.39 is 0 Å². The summed E-state index contributed by atoms with van der Waals surface area (Å²) in [6.45, 7) is 4.11. The summed E-state index contributed by atoms with van der Waals surface area (Å²) in [7, 11) is 1.74. The number of aromatic nitrogens is 2. The zero-order chi connectivity index (χ0) is 14.4. The molecule has 0 spiro atoms. The third kappa shape index (κ3) is 4.07. The molecule has 112 valence electrons. The minimum Gasteiger partial charge on any atom is -0.384 e. The molecule has 1 fully saturated rings. The number of carbonyl (C=O) groups excluding carboxylic acids is 1. The second-order valence-corrected chi connectivity index (χ2v) is 5.95. The number of methoxy groups -OCH3 is 1. The van der Waals surface area contributed by atoms with Crippen LogP contribution in [-0.4, -0.2) is 35.9 Å². The van der Waals surface area contributed by atoms with Crippen molar-refractivity contribution in [3.05, 3.63) is 18.0 Å². The molecule has 20 heavy (non-hydrogen) atoms. The van der Waals surface area contributed by atoms with Crippen LogP contribution in [-0.2, 0) is 16.1 Å². The maximum atomic E-state index is 11.9. The van der Waals surface area contributed by atoms with Gasteiger partial charge in [0.05, 0.1) is 12.8 Å². The molecule has 0 unspecified atom stereocenters. The molecule has 1 aliphatic carbocycles. The molecule has 5 heteroatoms. The lowest BCUT2D eigenvalue weighted by Crippen LogP contribution is -2.39. The average Bonchev–Trinajstić information content (AvgIpc) is 3.04. The van der Waals surface area contributed by atoms with Gasteiger partial charge in [0.25, 0.3) is 0 Å². The van der Waals surface area contributed by atoms with Gasteiger partial charge >= 0.3 is 0 Å². The first-order valence-electron chi connectivity index (χ1n) is 7.38. The van der Waals surface area contributed by atoms with Gasteiger partial charge in [-0.15, -0.1) is 0 Å². The fraction of sp³-hybridized carbons (Fsp3) is 0.733. The molecule has 1 aliphatic rings. The lowest BCUT2D eigenvalue weighted by molar-refractivity contribution is -0.122. The topological polar surface area (TPSA) is 56.1 Å². The Morgan fingerprint density at radius 1 is 1.50 bits per heavy atom. The molecule has 0 saturated heterocycles. The normalized spacial score (nSPS) is 17.3. The number of aryl methyl sites for hydroxylation is 2. The van der Waals surface area contributed by atoms with Crippen LogP contribution in [0.4, 0.5) is 0 Å². The highest BCUT2D eigenvalue weighted by molar-refractivity contribution is 5.75. The van der Waals surface area contributed by atoms with E-state index in [4.69, 9.17) is 4.74 Å². The molecule has 0 bridgehead atoms. The molecule has 1 heterocycles. The molecule has 0 radical (unpaired) electrons. The van der Waals surface area contributed by atoms with Gasteiger partial charge in [0.15, 0.2) is 0 Å². The lowest BCUT2D eigenvalue weighted by Gasteiger charge is -2.28. The molecule has 5 nitrogen and oxygen atoms in total. The highest BCUT2D eigenvalue weighted by Gasteiger charge is 2.34. The molecule has 1 aromatic rings. The molecular formula is C15H25N3O2. The number of carbonyl (C=O) groups is 1. The van der Waals surface area contributed by atoms with E-state index >= 15 is 0 Å². The van der Waals surface area contributed by atoms with Crippen LogP contribution in [0.5, 0.6) is 0 Å². The van der Waals surface area contributed by atoms with Crippen LogP contribution >= 0.6 is 0 Å². The summed E-state index contributed by atoms with van der Waals surface area (Å²) >= 11 is 0. The molecule has 1 aromatic heterocycles. The summed E-state index contributed by atoms with van der Waals surface area (Å²) in [4.78, 5) is 11.9. The number of hydrogen-bond acceptors (Lipinski definition) is 3. The second kappa shape index (κ2) is 6.88. The first-order valence-corrected chi connectivity index (χ1v) is 7.38. The molecule has 1 N–H and O–H groups in total. The summed E-state index contributed by atoms with van der Waals surface area (Å²) in [5, 5.41) is 7.25. The van der Waals surface area contributed by atoms with Gasteiger partial charge in [-0.2, -0.15) is 5.10 Å². The average molecular weight is 279 g/mol. The number of nitrogens with zero attached hydrogens (tertiary/aromatic N) is 2. The van der Waals surface area contributed by atoms with E-state index in [0.29, 0.717) is 13.0 Å². The van der Waals surface area contributed by atoms with Gasteiger partial charge in [0.2, 0.25) is 5.91 Å². The van der Waals surface area contributed by atoms with Crippen LogP contribution in [0.1, 0.15) is 37.7 Å². The maximum absolute atomic E-state index is 11.9. The number of amides is 1. The van der Waals surface area contributed by atoms with E-state index in [1.807, 2.05) is 24.0 Å². The Morgan fingerprint density at radius 2 is 2.25 bits per heavy atom. The van der Waals surface area contributed by atoms with Gasteiger partial charge in [-0.05, 0) is 25.3 Å². The van der Waals surface area contributed by atoms with Crippen LogP contribution in [0.2, 0.25) is 0 Å². The van der Waals surface area contributed by atoms with Gasteiger partial charge in [-0.3, -0.25) is 9.48 Å². The molecule has 2 rings (SSSR count). The van der Waals surface area contributed by atoms with Crippen molar-refractivity contribution in [2.75, 3.05) is 20.3 Å². The maximum Gasteiger partial charge on any atom is 0.221 e. The highest BCUT2D eigenvalue weighted by Crippen LogP contribution is 2.37. The summed E-state index contributed by atoms with van der Waals surface area (Å²) < 4.78 is 7.14. The van der Waals surface area contributed by atoms with Gasteiger partial charge in [0.1, 0.15) is 0 Å². The largest absolute Gasteiger partial charge is 0.384 e. The zero-order valence-corrected chi connectivity index (χ0v) is 12.5.